The van der Waals surface area contributed by atoms with Crippen LogP contribution in [0.15, 0.2) is 138 Å². The summed E-state index contributed by atoms with van der Waals surface area (Å²) in [5.74, 6) is -0.420. The molecule has 3 N–H and O–H groups in total. The smallest absolute Gasteiger partial charge is 0.241 e. The molecule has 11 heteroatoms. The third-order valence-electron chi connectivity index (χ3n) is 10.7. The van der Waals surface area contributed by atoms with Gasteiger partial charge in [-0.15, -0.1) is 0 Å². The molecule has 10 nitrogen and oxygen atoms in total. The van der Waals surface area contributed by atoms with Gasteiger partial charge in [0.25, 0.3) is 0 Å². The molecule has 2 aliphatic heterocycles. The number of nitrogens with one attached hydrogen (secondary N) is 2. The van der Waals surface area contributed by atoms with Gasteiger partial charge in [-0.2, -0.15) is 4.72 Å². The van der Waals surface area contributed by atoms with Crippen molar-refractivity contribution < 1.29 is 27.8 Å². The number of benzene rings is 5. The molecule has 2 heterocycles. The second-order valence-corrected chi connectivity index (χ2v) is 16.8. The highest BCUT2D eigenvalue weighted by molar-refractivity contribution is 7.89. The number of hydrogen-bond acceptors (Lipinski definition) is 8. The Morgan fingerprint density at radius 1 is 0.719 bits per heavy atom. The van der Waals surface area contributed by atoms with Gasteiger partial charge >= 0.3 is 0 Å². The number of aliphatic hydroxyl groups excluding tert-OH is 1. The number of sulfonamides is 1. The van der Waals surface area contributed by atoms with Gasteiger partial charge in [0.15, 0.2) is 6.29 Å². The van der Waals surface area contributed by atoms with Crippen molar-refractivity contribution >= 4 is 15.9 Å². The number of aryl methyl sites for hydroxylation is 1. The average molecular weight is 789 g/mol. The van der Waals surface area contributed by atoms with Crippen LogP contribution >= 0.6 is 0 Å². The number of piperazine rings is 1. The van der Waals surface area contributed by atoms with E-state index in [0.717, 1.165) is 72.6 Å². The molecule has 5 aromatic rings. The van der Waals surface area contributed by atoms with Crippen molar-refractivity contribution in [2.45, 2.75) is 68.9 Å². The van der Waals surface area contributed by atoms with Crippen LogP contribution in [0.2, 0.25) is 0 Å². The zero-order valence-corrected chi connectivity index (χ0v) is 33.2. The summed E-state index contributed by atoms with van der Waals surface area (Å²) in [6.07, 6.45) is 0.0599. The third kappa shape index (κ3) is 11.2. The fourth-order valence-corrected chi connectivity index (χ4v) is 8.60. The second kappa shape index (κ2) is 19.1. The number of rotatable bonds is 15. The Labute approximate surface area is 336 Å². The van der Waals surface area contributed by atoms with Crippen LogP contribution in [0.5, 0.6) is 0 Å². The topological polar surface area (TPSA) is 120 Å². The van der Waals surface area contributed by atoms with Crippen molar-refractivity contribution in [1.29, 1.82) is 0 Å². The van der Waals surface area contributed by atoms with Crippen LogP contribution in [0.3, 0.4) is 0 Å². The van der Waals surface area contributed by atoms with Gasteiger partial charge < -0.3 is 19.9 Å². The molecule has 0 radical (unpaired) electrons. The van der Waals surface area contributed by atoms with Crippen molar-refractivity contribution in [2.75, 3.05) is 32.7 Å². The largest absolute Gasteiger partial charge is 0.392 e. The molecule has 2 fully saturated rings. The molecular formula is C46H52N4O6S. The molecule has 1 amide bonds. The maximum Gasteiger partial charge on any atom is 0.241 e. The van der Waals surface area contributed by atoms with E-state index in [1.54, 1.807) is 24.3 Å². The Bertz CT molecular complexity index is 2130. The summed E-state index contributed by atoms with van der Waals surface area (Å²) in [7, 11) is -3.95. The molecule has 0 bridgehead atoms. The summed E-state index contributed by atoms with van der Waals surface area (Å²) < 4.78 is 42.6. The molecule has 7 rings (SSSR count). The maximum atomic E-state index is 13.6. The molecule has 0 spiro atoms. The number of aliphatic hydroxyl groups is 1. The minimum absolute atomic E-state index is 0.0139. The number of amides is 1. The Hall–Kier alpha value is -4.72. The van der Waals surface area contributed by atoms with Crippen LogP contribution in [0.25, 0.3) is 0 Å². The number of carbonyl (C=O) groups is 1. The first-order chi connectivity index (χ1) is 27.7. The van der Waals surface area contributed by atoms with Crippen LogP contribution < -0.4 is 10.0 Å². The van der Waals surface area contributed by atoms with Crippen molar-refractivity contribution in [3.8, 4) is 0 Å². The van der Waals surface area contributed by atoms with E-state index in [-0.39, 0.29) is 36.7 Å². The molecule has 0 aliphatic carbocycles. The summed E-state index contributed by atoms with van der Waals surface area (Å²) in [4.78, 5) is 18.7. The van der Waals surface area contributed by atoms with E-state index >= 15 is 0 Å². The third-order valence-corrected chi connectivity index (χ3v) is 12.2. The molecule has 4 atom stereocenters. The predicted octanol–water partition coefficient (Wildman–Crippen LogP) is 6.06. The van der Waals surface area contributed by atoms with Crippen LogP contribution in [0.1, 0.15) is 57.8 Å². The standard InChI is InChI=1S/C46H52N4O6S/c1-34-12-22-42(23-13-34)57(53,54)48-43(28-35-8-4-2-5-9-35)45(52)47-30-36-14-20-40(21-15-36)46-55-41(29-44(56-46)39-18-16-38(33-51)17-19-39)32-50-26-24-49(25-27-50)31-37-10-6-3-7-11-37/h2-23,41,43-44,46,48,51H,24-33H2,1H3,(H,47,52)/t41-,43-,44+,46+/m1/s1. The maximum absolute atomic E-state index is 13.6. The van der Waals surface area contributed by atoms with E-state index in [4.69, 9.17) is 9.47 Å². The van der Waals surface area contributed by atoms with Crippen molar-refractivity contribution in [3.63, 3.8) is 0 Å². The summed E-state index contributed by atoms with van der Waals surface area (Å²) >= 11 is 0. The monoisotopic (exact) mass is 788 g/mol. The molecule has 0 aromatic heterocycles. The van der Waals surface area contributed by atoms with E-state index < -0.39 is 28.3 Å². The first kappa shape index (κ1) is 40.5. The Balaban J connectivity index is 0.999. The molecule has 0 unspecified atom stereocenters. The van der Waals surface area contributed by atoms with Gasteiger partial charge in [0.2, 0.25) is 15.9 Å². The second-order valence-electron chi connectivity index (χ2n) is 15.0. The van der Waals surface area contributed by atoms with Crippen molar-refractivity contribution in [1.82, 2.24) is 19.8 Å². The molecular weight excluding hydrogens is 737 g/mol. The zero-order chi connectivity index (χ0) is 39.6. The molecule has 0 saturated carbocycles. The van der Waals surface area contributed by atoms with Crippen LogP contribution in [-0.2, 0) is 50.4 Å². The van der Waals surface area contributed by atoms with Gasteiger partial charge in [-0.05, 0) is 53.3 Å². The van der Waals surface area contributed by atoms with Gasteiger partial charge in [-0.3, -0.25) is 14.6 Å². The highest BCUT2D eigenvalue weighted by Crippen LogP contribution is 2.38. The number of nitrogens with zero attached hydrogens (tertiary/aromatic N) is 2. The first-order valence-corrected chi connectivity index (χ1v) is 21.2. The van der Waals surface area contributed by atoms with Crippen molar-refractivity contribution in [2.24, 2.45) is 0 Å². The molecule has 2 saturated heterocycles. The van der Waals surface area contributed by atoms with E-state index in [0.29, 0.717) is 6.42 Å². The van der Waals surface area contributed by atoms with E-state index in [9.17, 15) is 18.3 Å². The quantitative estimate of drug-likeness (QED) is 0.117. The normalized spacial score (nSPS) is 19.9. The van der Waals surface area contributed by atoms with Crippen LogP contribution in [-0.4, -0.2) is 74.1 Å². The SMILES string of the molecule is Cc1ccc(S(=O)(=O)N[C@H](Cc2ccccc2)C(=O)NCc2ccc([C@H]3O[C@@H](CN4CCN(Cc5ccccc5)CC4)C[C@@H](c4ccc(CO)cc4)O3)cc2)cc1. The lowest BCUT2D eigenvalue weighted by Crippen LogP contribution is -2.49. The summed E-state index contributed by atoms with van der Waals surface area (Å²) in [5, 5.41) is 12.6. The Morgan fingerprint density at radius 3 is 1.96 bits per heavy atom. The predicted molar refractivity (Wildman–Crippen MR) is 220 cm³/mol. The Kier molecular flexibility index (Phi) is 13.6. The van der Waals surface area contributed by atoms with Gasteiger partial charge in [0.1, 0.15) is 6.04 Å². The van der Waals surface area contributed by atoms with E-state index in [1.807, 2.05) is 85.8 Å². The molecule has 57 heavy (non-hydrogen) atoms. The fraction of sp³-hybridized carbons (Fsp3) is 0.326. The number of hydrogen-bond donors (Lipinski definition) is 3. The highest BCUT2D eigenvalue weighted by Gasteiger charge is 2.34. The fourth-order valence-electron chi connectivity index (χ4n) is 7.41. The minimum Gasteiger partial charge on any atom is -0.392 e. The van der Waals surface area contributed by atoms with Crippen LogP contribution in [0.4, 0.5) is 0 Å². The lowest BCUT2D eigenvalue weighted by molar-refractivity contribution is -0.253. The number of carbonyl (C=O) groups excluding carboxylic acids is 1. The number of ether oxygens (including phenoxy) is 2. The highest BCUT2D eigenvalue weighted by atomic mass is 32.2. The first-order valence-electron chi connectivity index (χ1n) is 19.7. The van der Waals surface area contributed by atoms with Crippen LogP contribution in [0, 0.1) is 6.92 Å². The zero-order valence-electron chi connectivity index (χ0n) is 32.4. The van der Waals surface area contributed by atoms with Crippen molar-refractivity contribution in [3.05, 3.63) is 172 Å². The lowest BCUT2D eigenvalue weighted by Gasteiger charge is -2.40. The molecule has 2 aliphatic rings. The van der Waals surface area contributed by atoms with Gasteiger partial charge in [-0.25, -0.2) is 8.42 Å². The summed E-state index contributed by atoms with van der Waals surface area (Å²) in [6, 6.07) is 41.2. The minimum atomic E-state index is -3.95. The Morgan fingerprint density at radius 2 is 1.32 bits per heavy atom. The average Bonchev–Trinajstić information content (AvgIpc) is 3.24. The summed E-state index contributed by atoms with van der Waals surface area (Å²) in [6.45, 7) is 7.77. The van der Waals surface area contributed by atoms with Gasteiger partial charge in [0.05, 0.1) is 23.7 Å². The van der Waals surface area contributed by atoms with Gasteiger partial charge in [-0.1, -0.05) is 127 Å². The molecule has 298 valence electrons. The lowest BCUT2D eigenvalue weighted by atomic mass is 9.99. The van der Waals surface area contributed by atoms with E-state index in [2.05, 4.69) is 50.2 Å². The van der Waals surface area contributed by atoms with E-state index in [1.165, 1.54) is 5.56 Å². The summed E-state index contributed by atoms with van der Waals surface area (Å²) in [5.41, 5.74) is 6.73. The van der Waals surface area contributed by atoms with Gasteiger partial charge in [0, 0.05) is 57.8 Å². The molecule has 5 aromatic carbocycles.